The van der Waals surface area contributed by atoms with Gasteiger partial charge in [0.2, 0.25) is 0 Å². The smallest absolute Gasteiger partial charge is 0.369 e. The number of nitrogens with one attached hydrogen (secondary N) is 1. The Hall–Kier alpha value is -1.83. The minimum atomic E-state index is -4.52. The van der Waals surface area contributed by atoms with E-state index in [2.05, 4.69) is 20.3 Å². The molecule has 2 aromatic rings. The van der Waals surface area contributed by atoms with Crippen LogP contribution in [0.1, 0.15) is 18.5 Å². The first-order valence-electron chi connectivity index (χ1n) is 7.08. The molecule has 23 heavy (non-hydrogen) atoms. The molecule has 3 rings (SSSR count). The van der Waals surface area contributed by atoms with Crippen LogP contribution in [-0.2, 0) is 6.18 Å². The normalized spacial score (nSPS) is 16.2. The zero-order valence-corrected chi connectivity index (χ0v) is 13.2. The Balaban J connectivity index is 1.92. The second kappa shape index (κ2) is 5.99. The zero-order chi connectivity index (χ0) is 16.5. The molecule has 0 atom stereocenters. The number of pyridine rings is 1. The summed E-state index contributed by atoms with van der Waals surface area (Å²) in [7, 11) is 0. The van der Waals surface area contributed by atoms with Crippen LogP contribution in [0.4, 0.5) is 19.0 Å². The lowest BCUT2D eigenvalue weighted by atomic mass is 10.2. The summed E-state index contributed by atoms with van der Waals surface area (Å²) in [5.41, 5.74) is -0.504. The maximum atomic E-state index is 13.1. The van der Waals surface area contributed by atoms with Gasteiger partial charge >= 0.3 is 6.18 Å². The number of nitrogens with zero attached hydrogens (tertiary/aromatic N) is 3. The summed E-state index contributed by atoms with van der Waals surface area (Å²) in [6, 6.07) is 4.23. The summed E-state index contributed by atoms with van der Waals surface area (Å²) in [5, 5.41) is 3.03. The lowest BCUT2D eigenvalue weighted by Crippen LogP contribution is -2.19. The van der Waals surface area contributed by atoms with Crippen LogP contribution in [0.15, 0.2) is 30.6 Å². The number of aromatic nitrogens is 3. The van der Waals surface area contributed by atoms with Crippen molar-refractivity contribution in [3.63, 3.8) is 0 Å². The van der Waals surface area contributed by atoms with Gasteiger partial charge in [0.05, 0.1) is 0 Å². The monoisotopic (exact) mass is 340 g/mol. The van der Waals surface area contributed by atoms with Crippen LogP contribution >= 0.6 is 11.8 Å². The predicted molar refractivity (Wildman–Crippen MR) is 84.2 cm³/mol. The van der Waals surface area contributed by atoms with Crippen molar-refractivity contribution >= 4 is 17.6 Å². The lowest BCUT2D eigenvalue weighted by molar-refractivity contribution is -0.141. The zero-order valence-electron chi connectivity index (χ0n) is 12.4. The number of rotatable bonds is 5. The lowest BCUT2D eigenvalue weighted by Gasteiger charge is -2.15. The van der Waals surface area contributed by atoms with Gasteiger partial charge in [-0.1, -0.05) is 0 Å². The molecule has 0 saturated heterocycles. The van der Waals surface area contributed by atoms with E-state index in [0.717, 1.165) is 18.9 Å². The van der Waals surface area contributed by atoms with Gasteiger partial charge in [0.1, 0.15) is 5.82 Å². The topological polar surface area (TPSA) is 50.7 Å². The van der Waals surface area contributed by atoms with Crippen molar-refractivity contribution in [2.24, 2.45) is 0 Å². The highest BCUT2D eigenvalue weighted by Crippen LogP contribution is 2.47. The van der Waals surface area contributed by atoms with Crippen molar-refractivity contribution in [2.75, 3.05) is 18.1 Å². The van der Waals surface area contributed by atoms with Gasteiger partial charge < -0.3 is 5.32 Å². The number of alkyl halides is 3. The molecule has 0 spiro atoms. The van der Waals surface area contributed by atoms with Gasteiger partial charge in [-0.05, 0) is 31.2 Å². The Morgan fingerprint density at radius 2 is 2.09 bits per heavy atom. The molecule has 0 radical (unpaired) electrons. The second-order valence-corrected chi connectivity index (χ2v) is 6.72. The van der Waals surface area contributed by atoms with Crippen LogP contribution in [0, 0.1) is 0 Å². The van der Waals surface area contributed by atoms with Gasteiger partial charge in [-0.15, -0.1) is 0 Å². The summed E-state index contributed by atoms with van der Waals surface area (Å²) >= 11 is 1.73. The van der Waals surface area contributed by atoms with Crippen molar-refractivity contribution in [1.82, 2.24) is 15.0 Å². The fourth-order valence-electron chi connectivity index (χ4n) is 2.15. The van der Waals surface area contributed by atoms with Gasteiger partial charge in [0.25, 0.3) is 0 Å². The highest BCUT2D eigenvalue weighted by molar-refractivity contribution is 8.00. The summed E-state index contributed by atoms with van der Waals surface area (Å²) in [5.74, 6) is 0.205. The molecule has 8 heteroatoms. The number of hydrogen-bond acceptors (Lipinski definition) is 5. The minimum Gasteiger partial charge on any atom is -0.369 e. The first kappa shape index (κ1) is 16.0. The molecular formula is C15H15F3N4S. The van der Waals surface area contributed by atoms with E-state index in [-0.39, 0.29) is 16.4 Å². The third-order valence-corrected chi connectivity index (χ3v) is 5.19. The Labute approximate surface area is 136 Å². The maximum Gasteiger partial charge on any atom is 0.433 e. The first-order valence-corrected chi connectivity index (χ1v) is 8.30. The first-order chi connectivity index (χ1) is 10.9. The molecule has 1 aliphatic rings. The van der Waals surface area contributed by atoms with Gasteiger partial charge in [-0.3, -0.25) is 4.98 Å². The fraction of sp³-hybridized carbons (Fsp3) is 0.400. The number of thioether (sulfide) groups is 1. The van der Waals surface area contributed by atoms with Crippen LogP contribution in [0.2, 0.25) is 0 Å². The summed E-state index contributed by atoms with van der Waals surface area (Å²) in [6.45, 7) is 0.592. The third kappa shape index (κ3) is 3.74. The van der Waals surface area contributed by atoms with E-state index in [0.29, 0.717) is 12.1 Å². The summed E-state index contributed by atoms with van der Waals surface area (Å²) in [6.07, 6.45) is 2.61. The molecule has 0 unspecified atom stereocenters. The van der Waals surface area contributed by atoms with E-state index in [1.165, 1.54) is 6.20 Å². The third-order valence-electron chi connectivity index (χ3n) is 3.77. The molecule has 1 N–H and O–H groups in total. The van der Waals surface area contributed by atoms with E-state index in [4.69, 9.17) is 0 Å². The Morgan fingerprint density at radius 1 is 1.30 bits per heavy atom. The molecule has 4 nitrogen and oxygen atoms in total. The molecule has 0 aromatic carbocycles. The fourth-order valence-corrected chi connectivity index (χ4v) is 2.88. The molecule has 2 aromatic heterocycles. The van der Waals surface area contributed by atoms with Crippen molar-refractivity contribution in [2.45, 2.75) is 23.8 Å². The summed E-state index contributed by atoms with van der Waals surface area (Å²) < 4.78 is 39.4. The van der Waals surface area contributed by atoms with Crippen molar-refractivity contribution < 1.29 is 13.2 Å². The minimum absolute atomic E-state index is 0.0180. The van der Waals surface area contributed by atoms with Crippen molar-refractivity contribution in [3.05, 3.63) is 36.3 Å². The number of anilines is 1. The van der Waals surface area contributed by atoms with Crippen LogP contribution in [0.5, 0.6) is 0 Å². The van der Waals surface area contributed by atoms with E-state index >= 15 is 0 Å². The van der Waals surface area contributed by atoms with Crippen molar-refractivity contribution in [1.29, 1.82) is 0 Å². The van der Waals surface area contributed by atoms with Gasteiger partial charge in [-0.2, -0.15) is 24.9 Å². The molecule has 122 valence electrons. The van der Waals surface area contributed by atoms with E-state index in [1.54, 1.807) is 30.1 Å². The Morgan fingerprint density at radius 3 is 2.65 bits per heavy atom. The standard InChI is InChI=1S/C15H15F3N4S/c1-23-14(4-5-14)9-20-12-7-11(15(16,17)18)21-13(22-12)10-3-2-6-19-8-10/h2-3,6-8H,4-5,9H2,1H3,(H,20,21,22). The molecule has 0 amide bonds. The van der Waals surface area contributed by atoms with E-state index in [9.17, 15) is 13.2 Å². The Bertz CT molecular complexity index is 687. The number of halogens is 3. The van der Waals surface area contributed by atoms with Gasteiger partial charge in [0, 0.05) is 35.3 Å². The highest BCUT2D eigenvalue weighted by atomic mass is 32.2. The Kier molecular flexibility index (Phi) is 4.18. The average Bonchev–Trinajstić information content (AvgIpc) is 3.33. The molecule has 1 fully saturated rings. The van der Waals surface area contributed by atoms with Gasteiger partial charge in [-0.25, -0.2) is 9.97 Å². The predicted octanol–water partition coefficient (Wildman–Crippen LogP) is 3.86. The van der Waals surface area contributed by atoms with E-state index in [1.807, 2.05) is 6.26 Å². The van der Waals surface area contributed by atoms with Crippen LogP contribution in [-0.4, -0.2) is 32.5 Å². The highest BCUT2D eigenvalue weighted by Gasteiger charge is 2.42. The van der Waals surface area contributed by atoms with Crippen LogP contribution in [0.25, 0.3) is 11.4 Å². The quantitative estimate of drug-likeness (QED) is 0.895. The molecule has 2 heterocycles. The SMILES string of the molecule is CSC1(CNc2cc(C(F)(F)F)nc(-c3cccnc3)n2)CC1. The molecule has 0 bridgehead atoms. The molecule has 1 saturated carbocycles. The summed E-state index contributed by atoms with van der Waals surface area (Å²) in [4.78, 5) is 11.8. The molecular weight excluding hydrogens is 325 g/mol. The molecule has 1 aliphatic carbocycles. The molecule has 0 aliphatic heterocycles. The van der Waals surface area contributed by atoms with E-state index < -0.39 is 11.9 Å². The van der Waals surface area contributed by atoms with Gasteiger partial charge in [0.15, 0.2) is 11.5 Å². The number of hydrogen-bond donors (Lipinski definition) is 1. The largest absolute Gasteiger partial charge is 0.433 e. The second-order valence-electron chi connectivity index (χ2n) is 5.44. The van der Waals surface area contributed by atoms with Crippen LogP contribution < -0.4 is 5.32 Å². The average molecular weight is 340 g/mol. The maximum absolute atomic E-state index is 13.1. The van der Waals surface area contributed by atoms with Crippen molar-refractivity contribution in [3.8, 4) is 11.4 Å². The van der Waals surface area contributed by atoms with Crippen LogP contribution in [0.3, 0.4) is 0 Å².